The Labute approximate surface area is 210 Å². The lowest BCUT2D eigenvalue weighted by Crippen LogP contribution is -2.69. The summed E-state index contributed by atoms with van der Waals surface area (Å²) in [6.45, 7) is 6.28. The van der Waals surface area contributed by atoms with Crippen molar-refractivity contribution in [3.63, 3.8) is 0 Å². The van der Waals surface area contributed by atoms with E-state index in [1.54, 1.807) is 5.32 Å². The molecule has 6 nitrogen and oxygen atoms in total. The van der Waals surface area contributed by atoms with Crippen molar-refractivity contribution in [3.8, 4) is 6.07 Å². The first-order valence-corrected chi connectivity index (χ1v) is 12.0. The van der Waals surface area contributed by atoms with Gasteiger partial charge in [0.25, 0.3) is 5.91 Å². The summed E-state index contributed by atoms with van der Waals surface area (Å²) in [6, 6.07) is 7.48. The lowest BCUT2D eigenvalue weighted by Gasteiger charge is -2.34. The van der Waals surface area contributed by atoms with Crippen molar-refractivity contribution in [2.24, 2.45) is 11.3 Å². The first-order valence-electron chi connectivity index (χ1n) is 10.8. The second kappa shape index (κ2) is 9.70. The molecule has 0 saturated heterocycles. The maximum atomic E-state index is 14.5. The number of hydrogen-bond acceptors (Lipinski definition) is 6. The zero-order valence-electron chi connectivity index (χ0n) is 19.6. The molecule has 11 heteroatoms. The fourth-order valence-electron chi connectivity index (χ4n) is 4.13. The molecule has 0 radical (unpaired) electrons. The van der Waals surface area contributed by atoms with E-state index in [-0.39, 0.29) is 32.5 Å². The van der Waals surface area contributed by atoms with E-state index in [0.29, 0.717) is 18.4 Å². The van der Waals surface area contributed by atoms with Gasteiger partial charge in [-0.2, -0.15) is 18.4 Å². The lowest BCUT2D eigenvalue weighted by atomic mass is 9.72. The fraction of sp³-hybridized carbons (Fsp3) is 0.458. The van der Waals surface area contributed by atoms with Crippen molar-refractivity contribution in [1.82, 2.24) is 5.32 Å². The fourth-order valence-corrected chi connectivity index (χ4v) is 5.68. The second-order valence-corrected chi connectivity index (χ2v) is 10.9. The standard InChI is InChI=1S/C24H25ClF3N3O3S/c1-22(2,3)13-9-10-14-16(12-29)20(35-18(14)11-13)31-23(21(33)34-4,24(26,27)28)30-19(32)15-7-5-6-8-17(15)25/h5-8,13,31H,9-11H2,1-4H3,(H,30,32)/t13-,23-/m0/s1. The number of ether oxygens (including phenoxy) is 1. The molecular weight excluding hydrogens is 503 g/mol. The molecule has 35 heavy (non-hydrogen) atoms. The molecule has 1 amide bonds. The largest absolute Gasteiger partial charge is 0.466 e. The molecule has 0 fully saturated rings. The number of halogens is 4. The zero-order valence-corrected chi connectivity index (χ0v) is 21.2. The van der Waals surface area contributed by atoms with Crippen LogP contribution < -0.4 is 10.6 Å². The highest BCUT2D eigenvalue weighted by Gasteiger charge is 2.64. The summed E-state index contributed by atoms with van der Waals surface area (Å²) in [7, 11) is 0.782. The first-order chi connectivity index (χ1) is 16.2. The van der Waals surface area contributed by atoms with E-state index >= 15 is 0 Å². The smallest absolute Gasteiger partial charge is 0.441 e. The van der Waals surface area contributed by atoms with Gasteiger partial charge in [-0.3, -0.25) is 4.79 Å². The molecule has 2 N–H and O–H groups in total. The highest BCUT2D eigenvalue weighted by molar-refractivity contribution is 7.16. The van der Waals surface area contributed by atoms with Crippen molar-refractivity contribution in [2.45, 2.75) is 51.9 Å². The van der Waals surface area contributed by atoms with Crippen LogP contribution in [0.15, 0.2) is 24.3 Å². The van der Waals surface area contributed by atoms with Crippen LogP contribution in [-0.4, -0.2) is 30.8 Å². The number of fused-ring (bicyclic) bond motifs is 1. The number of nitriles is 1. The minimum absolute atomic E-state index is 0.0211. The summed E-state index contributed by atoms with van der Waals surface area (Å²) in [5, 5.41) is 13.5. The number of esters is 1. The van der Waals surface area contributed by atoms with Crippen LogP contribution in [0.4, 0.5) is 18.2 Å². The summed E-state index contributed by atoms with van der Waals surface area (Å²) in [4.78, 5) is 26.3. The number of alkyl halides is 3. The highest BCUT2D eigenvalue weighted by Crippen LogP contribution is 2.45. The van der Waals surface area contributed by atoms with Crippen LogP contribution in [0.1, 0.15) is 53.6 Å². The summed E-state index contributed by atoms with van der Waals surface area (Å²) >= 11 is 6.97. The Bertz CT molecular complexity index is 1180. The first kappa shape index (κ1) is 26.8. The predicted octanol–water partition coefficient (Wildman–Crippen LogP) is 5.70. The Kier molecular flexibility index (Phi) is 7.44. The maximum Gasteiger partial charge on any atom is 0.441 e. The van der Waals surface area contributed by atoms with Crippen molar-refractivity contribution < 1.29 is 27.5 Å². The van der Waals surface area contributed by atoms with Gasteiger partial charge in [0.15, 0.2) is 0 Å². The Morgan fingerprint density at radius 3 is 2.43 bits per heavy atom. The van der Waals surface area contributed by atoms with Crippen molar-refractivity contribution in [3.05, 3.63) is 50.9 Å². The van der Waals surface area contributed by atoms with Crippen LogP contribution >= 0.6 is 22.9 Å². The van der Waals surface area contributed by atoms with Crippen LogP contribution in [0.2, 0.25) is 5.02 Å². The van der Waals surface area contributed by atoms with Crippen LogP contribution in [0.3, 0.4) is 0 Å². The number of thiophene rings is 1. The SMILES string of the molecule is COC(=O)[C@](NC(=O)c1ccccc1Cl)(Nc1sc2c(c1C#N)CC[C@H](C(C)(C)C)C2)C(F)(F)F. The van der Waals surface area contributed by atoms with Gasteiger partial charge in [0, 0.05) is 4.88 Å². The molecule has 1 aromatic carbocycles. The number of nitrogens with zero attached hydrogens (tertiary/aromatic N) is 1. The molecule has 0 unspecified atom stereocenters. The minimum atomic E-state index is -5.33. The Morgan fingerprint density at radius 2 is 1.89 bits per heavy atom. The quantitative estimate of drug-likeness (QED) is 0.384. The summed E-state index contributed by atoms with van der Waals surface area (Å²) in [6.07, 6.45) is -3.42. The summed E-state index contributed by atoms with van der Waals surface area (Å²) in [5.41, 5.74) is -3.24. The van der Waals surface area contributed by atoms with Gasteiger partial charge in [-0.05, 0) is 48.3 Å². The Morgan fingerprint density at radius 1 is 1.23 bits per heavy atom. The molecule has 0 aliphatic heterocycles. The zero-order chi connectivity index (χ0) is 26.2. The molecule has 188 valence electrons. The van der Waals surface area contributed by atoms with Gasteiger partial charge in [0.2, 0.25) is 0 Å². The third kappa shape index (κ3) is 5.11. The van der Waals surface area contributed by atoms with Gasteiger partial charge in [0.1, 0.15) is 11.1 Å². The normalized spacial score (nSPS) is 17.5. The van der Waals surface area contributed by atoms with Crippen molar-refractivity contribution in [2.75, 3.05) is 12.4 Å². The topological polar surface area (TPSA) is 91.2 Å². The van der Waals surface area contributed by atoms with E-state index in [4.69, 9.17) is 11.6 Å². The molecule has 0 saturated carbocycles. The third-order valence-electron chi connectivity index (χ3n) is 6.24. The molecule has 1 aromatic heterocycles. The van der Waals surface area contributed by atoms with E-state index in [1.807, 2.05) is 6.07 Å². The number of hydrogen-bond donors (Lipinski definition) is 2. The molecule has 2 atom stereocenters. The van der Waals surface area contributed by atoms with Crippen LogP contribution in [0.5, 0.6) is 0 Å². The molecule has 0 bridgehead atoms. The second-order valence-electron chi connectivity index (χ2n) is 9.42. The highest BCUT2D eigenvalue weighted by atomic mass is 35.5. The molecular formula is C24H25ClF3N3O3S. The summed E-state index contributed by atoms with van der Waals surface area (Å²) in [5.74, 6) is -2.74. The van der Waals surface area contributed by atoms with E-state index in [9.17, 15) is 28.0 Å². The van der Waals surface area contributed by atoms with Gasteiger partial charge in [-0.15, -0.1) is 11.3 Å². The lowest BCUT2D eigenvalue weighted by molar-refractivity contribution is -0.203. The number of anilines is 1. The van der Waals surface area contributed by atoms with Crippen LogP contribution in [0, 0.1) is 22.7 Å². The number of carbonyl (C=O) groups is 2. The van der Waals surface area contributed by atoms with E-state index in [1.165, 1.54) is 24.3 Å². The number of carbonyl (C=O) groups excluding carboxylic acids is 2. The molecule has 1 aliphatic rings. The predicted molar refractivity (Wildman–Crippen MR) is 127 cm³/mol. The molecule has 2 aromatic rings. The van der Waals surface area contributed by atoms with Crippen LogP contribution in [-0.2, 0) is 22.4 Å². The third-order valence-corrected chi connectivity index (χ3v) is 7.74. The average molecular weight is 528 g/mol. The van der Waals surface area contributed by atoms with E-state index in [2.05, 4.69) is 30.8 Å². The molecule has 1 heterocycles. The van der Waals surface area contributed by atoms with E-state index in [0.717, 1.165) is 29.7 Å². The number of rotatable bonds is 5. The van der Waals surface area contributed by atoms with Gasteiger partial charge >= 0.3 is 17.8 Å². The molecule has 1 aliphatic carbocycles. The minimum Gasteiger partial charge on any atom is -0.466 e. The maximum absolute atomic E-state index is 14.5. The van der Waals surface area contributed by atoms with Gasteiger partial charge in [0.05, 0.1) is 23.3 Å². The van der Waals surface area contributed by atoms with Gasteiger partial charge in [-0.1, -0.05) is 44.5 Å². The van der Waals surface area contributed by atoms with Crippen molar-refractivity contribution >= 4 is 39.8 Å². The molecule has 3 rings (SSSR count). The number of benzene rings is 1. The Balaban J connectivity index is 2.09. The number of nitrogens with one attached hydrogen (secondary N) is 2. The van der Waals surface area contributed by atoms with Gasteiger partial charge < -0.3 is 15.4 Å². The van der Waals surface area contributed by atoms with Crippen LogP contribution in [0.25, 0.3) is 0 Å². The van der Waals surface area contributed by atoms with Crippen molar-refractivity contribution in [1.29, 1.82) is 5.26 Å². The summed E-state index contributed by atoms with van der Waals surface area (Å²) < 4.78 is 48.0. The van der Waals surface area contributed by atoms with Gasteiger partial charge in [-0.25, -0.2) is 4.79 Å². The monoisotopic (exact) mass is 527 g/mol. The number of methoxy groups -OCH3 is 1. The number of amides is 1. The molecule has 0 spiro atoms. The average Bonchev–Trinajstić information content (AvgIpc) is 3.12. The van der Waals surface area contributed by atoms with E-state index < -0.39 is 23.7 Å². The Hall–Kier alpha value is -2.77.